The average Bonchev–Trinajstić information content (AvgIpc) is 3.54. The number of hydrogen-bond acceptors (Lipinski definition) is 8. The highest BCUT2D eigenvalue weighted by Gasteiger charge is 2.29. The molecule has 0 fully saturated rings. The quantitative estimate of drug-likeness (QED) is 0.273. The summed E-state index contributed by atoms with van der Waals surface area (Å²) in [5, 5.41) is 17.0. The van der Waals surface area contributed by atoms with Crippen LogP contribution in [0.25, 0.3) is 10.6 Å². The van der Waals surface area contributed by atoms with Crippen molar-refractivity contribution in [1.29, 1.82) is 0 Å². The van der Waals surface area contributed by atoms with Gasteiger partial charge in [-0.25, -0.2) is 13.4 Å². The summed E-state index contributed by atoms with van der Waals surface area (Å²) in [5.74, 6) is -0.435. The monoisotopic (exact) mass is 526 g/mol. The molecule has 1 aliphatic rings. The van der Waals surface area contributed by atoms with E-state index in [0.717, 1.165) is 18.4 Å². The summed E-state index contributed by atoms with van der Waals surface area (Å²) in [4.78, 5) is 28.2. The number of thiazole rings is 1. The molecule has 3 heterocycles. The predicted octanol–water partition coefficient (Wildman–Crippen LogP) is 5.17. The fourth-order valence-corrected chi connectivity index (χ4v) is 6.96. The Bertz CT molecular complexity index is 1530. The Balaban J connectivity index is 1.31. The highest BCUT2D eigenvalue weighted by molar-refractivity contribution is 7.92. The number of nitro groups is 1. The van der Waals surface area contributed by atoms with Gasteiger partial charge in [-0.2, -0.15) is 0 Å². The van der Waals surface area contributed by atoms with Gasteiger partial charge in [-0.15, -0.1) is 22.7 Å². The van der Waals surface area contributed by atoms with Crippen molar-refractivity contribution in [3.8, 4) is 10.6 Å². The number of anilines is 2. The number of aromatic nitrogens is 1. The molecule has 0 saturated carbocycles. The molecule has 0 saturated heterocycles. The zero-order valence-corrected chi connectivity index (χ0v) is 20.5. The average molecular weight is 527 g/mol. The molecular formula is C23H18N4O5S3. The number of thiophene rings is 1. The Morgan fingerprint density at radius 1 is 1.09 bits per heavy atom. The van der Waals surface area contributed by atoms with E-state index in [0.29, 0.717) is 27.9 Å². The Kier molecular flexibility index (Phi) is 6.09. The molecule has 2 aromatic carbocycles. The summed E-state index contributed by atoms with van der Waals surface area (Å²) in [6.07, 6.45) is 1.58. The Morgan fingerprint density at radius 2 is 1.86 bits per heavy atom. The largest absolute Gasteiger partial charge is 0.298 e. The van der Waals surface area contributed by atoms with E-state index in [2.05, 4.69) is 10.3 Å². The van der Waals surface area contributed by atoms with E-state index in [4.69, 9.17) is 0 Å². The van der Waals surface area contributed by atoms with E-state index < -0.39 is 20.9 Å². The molecule has 0 atom stereocenters. The molecule has 1 N–H and O–H groups in total. The first-order valence-corrected chi connectivity index (χ1v) is 13.7. The van der Waals surface area contributed by atoms with Crippen molar-refractivity contribution in [2.45, 2.75) is 17.7 Å². The number of amides is 1. The van der Waals surface area contributed by atoms with Crippen LogP contribution in [-0.2, 0) is 16.4 Å². The lowest BCUT2D eigenvalue weighted by Crippen LogP contribution is -2.35. The SMILES string of the molecule is O=C(Nc1nc(-c2cc([N+](=O)[O-])cs2)cs1)c1ccc(S(=O)(=O)N2CCCc3ccccc32)cc1. The lowest BCUT2D eigenvalue weighted by atomic mass is 10.0. The topological polar surface area (TPSA) is 123 Å². The summed E-state index contributed by atoms with van der Waals surface area (Å²) < 4.78 is 28.0. The number of carbonyl (C=O) groups excluding carboxylic acids is 1. The maximum absolute atomic E-state index is 13.3. The minimum Gasteiger partial charge on any atom is -0.298 e. The van der Waals surface area contributed by atoms with Gasteiger partial charge in [0.1, 0.15) is 0 Å². The minimum absolute atomic E-state index is 0.00771. The molecule has 178 valence electrons. The molecular weight excluding hydrogens is 508 g/mol. The summed E-state index contributed by atoms with van der Waals surface area (Å²) >= 11 is 2.40. The van der Waals surface area contributed by atoms with E-state index in [1.165, 1.54) is 62.7 Å². The first-order chi connectivity index (χ1) is 16.8. The van der Waals surface area contributed by atoms with Crippen LogP contribution in [0.4, 0.5) is 16.5 Å². The molecule has 1 amide bonds. The van der Waals surface area contributed by atoms with Crippen molar-refractivity contribution >= 4 is 55.1 Å². The van der Waals surface area contributed by atoms with Gasteiger partial charge in [0.15, 0.2) is 5.13 Å². The Hall–Kier alpha value is -3.61. The van der Waals surface area contributed by atoms with Crippen LogP contribution in [0.1, 0.15) is 22.3 Å². The second-order valence-electron chi connectivity index (χ2n) is 7.75. The van der Waals surface area contributed by atoms with Crippen LogP contribution >= 0.6 is 22.7 Å². The van der Waals surface area contributed by atoms with Crippen LogP contribution in [0.5, 0.6) is 0 Å². The van der Waals surface area contributed by atoms with Gasteiger partial charge in [-0.1, -0.05) is 18.2 Å². The predicted molar refractivity (Wildman–Crippen MR) is 136 cm³/mol. The maximum atomic E-state index is 13.3. The molecule has 0 radical (unpaired) electrons. The zero-order valence-electron chi connectivity index (χ0n) is 18.1. The molecule has 12 heteroatoms. The summed E-state index contributed by atoms with van der Waals surface area (Å²) in [7, 11) is -3.76. The second kappa shape index (κ2) is 9.21. The van der Waals surface area contributed by atoms with E-state index >= 15 is 0 Å². The van der Waals surface area contributed by atoms with Crippen LogP contribution in [-0.4, -0.2) is 30.8 Å². The number of hydrogen-bond donors (Lipinski definition) is 1. The van der Waals surface area contributed by atoms with Gasteiger partial charge in [-0.3, -0.25) is 24.5 Å². The molecule has 0 bridgehead atoms. The molecule has 9 nitrogen and oxygen atoms in total. The van der Waals surface area contributed by atoms with Crippen molar-refractivity contribution in [3.63, 3.8) is 0 Å². The number of aryl methyl sites for hydroxylation is 1. The number of sulfonamides is 1. The van der Waals surface area contributed by atoms with Crippen molar-refractivity contribution < 1.29 is 18.1 Å². The van der Waals surface area contributed by atoms with Crippen molar-refractivity contribution in [1.82, 2.24) is 4.98 Å². The molecule has 0 aliphatic carbocycles. The highest BCUT2D eigenvalue weighted by Crippen LogP contribution is 2.34. The fraction of sp³-hybridized carbons (Fsp3) is 0.130. The van der Waals surface area contributed by atoms with Gasteiger partial charge in [0.25, 0.3) is 21.6 Å². The van der Waals surface area contributed by atoms with Crippen LogP contribution in [0.15, 0.2) is 70.3 Å². The van der Waals surface area contributed by atoms with E-state index in [1.807, 2.05) is 24.3 Å². The van der Waals surface area contributed by atoms with Gasteiger partial charge < -0.3 is 0 Å². The molecule has 2 aromatic heterocycles. The van der Waals surface area contributed by atoms with Gasteiger partial charge >= 0.3 is 0 Å². The number of para-hydroxylation sites is 1. The van der Waals surface area contributed by atoms with Crippen molar-refractivity contribution in [3.05, 3.63) is 86.6 Å². The number of fused-ring (bicyclic) bond motifs is 1. The Morgan fingerprint density at radius 3 is 2.60 bits per heavy atom. The van der Waals surface area contributed by atoms with Crippen LogP contribution in [0.2, 0.25) is 0 Å². The van der Waals surface area contributed by atoms with E-state index in [9.17, 15) is 23.3 Å². The smallest absolute Gasteiger partial charge is 0.280 e. The van der Waals surface area contributed by atoms with E-state index in [1.54, 1.807) is 5.38 Å². The lowest BCUT2D eigenvalue weighted by Gasteiger charge is -2.30. The number of carbonyl (C=O) groups is 1. The van der Waals surface area contributed by atoms with Crippen molar-refractivity contribution in [2.75, 3.05) is 16.2 Å². The lowest BCUT2D eigenvalue weighted by molar-refractivity contribution is -0.384. The van der Waals surface area contributed by atoms with Crippen LogP contribution in [0.3, 0.4) is 0 Å². The Labute approximate surface area is 208 Å². The zero-order chi connectivity index (χ0) is 24.6. The first kappa shape index (κ1) is 23.1. The summed E-state index contributed by atoms with van der Waals surface area (Å²) in [5.41, 5.74) is 2.50. The van der Waals surface area contributed by atoms with Gasteiger partial charge in [0, 0.05) is 23.6 Å². The first-order valence-electron chi connectivity index (χ1n) is 10.5. The minimum atomic E-state index is -3.76. The standard InChI is InChI=1S/C23H18N4O5S3/c28-22(25-23-24-19(14-34-23)21-12-17(13-33-21)27(29)30)16-7-9-18(10-8-16)35(31,32)26-11-3-5-15-4-1-2-6-20(15)26/h1-2,4,6-10,12-14H,3,5,11H2,(H,24,25,28). The third-order valence-corrected chi connectivity index (χ3v) is 9.07. The number of nitrogens with zero attached hydrogens (tertiary/aromatic N) is 3. The molecule has 1 aliphatic heterocycles. The molecule has 0 spiro atoms. The van der Waals surface area contributed by atoms with Gasteiger partial charge in [0.2, 0.25) is 0 Å². The van der Waals surface area contributed by atoms with Crippen LogP contribution in [0, 0.1) is 10.1 Å². The van der Waals surface area contributed by atoms with Crippen LogP contribution < -0.4 is 9.62 Å². The summed E-state index contributed by atoms with van der Waals surface area (Å²) in [6, 6.07) is 14.7. The third-order valence-electron chi connectivity index (χ3n) is 5.55. The third kappa shape index (κ3) is 4.55. The molecule has 4 aromatic rings. The molecule has 5 rings (SSSR count). The van der Waals surface area contributed by atoms with Gasteiger partial charge in [-0.05, 0) is 48.7 Å². The number of nitrogens with one attached hydrogen (secondary N) is 1. The molecule has 0 unspecified atom stereocenters. The van der Waals surface area contributed by atoms with Gasteiger partial charge in [0.05, 0.1) is 31.5 Å². The highest BCUT2D eigenvalue weighted by atomic mass is 32.2. The number of benzene rings is 2. The summed E-state index contributed by atoms with van der Waals surface area (Å²) in [6.45, 7) is 0.404. The number of rotatable bonds is 6. The van der Waals surface area contributed by atoms with E-state index in [-0.39, 0.29) is 16.1 Å². The normalized spacial score (nSPS) is 13.3. The second-order valence-corrected chi connectivity index (χ2v) is 11.4. The van der Waals surface area contributed by atoms with Crippen molar-refractivity contribution in [2.24, 2.45) is 0 Å². The fourth-order valence-electron chi connectivity index (χ4n) is 3.82. The maximum Gasteiger partial charge on any atom is 0.280 e. The molecule has 35 heavy (non-hydrogen) atoms.